The second-order valence-electron chi connectivity index (χ2n) is 4.69. The fourth-order valence-corrected chi connectivity index (χ4v) is 2.37. The van der Waals surface area contributed by atoms with Gasteiger partial charge in [0.25, 0.3) is 0 Å². The minimum Gasteiger partial charge on any atom is -0.359 e. The number of likely N-dealkylation sites (tertiary alicyclic amines) is 1. The van der Waals surface area contributed by atoms with Gasteiger partial charge in [-0.15, -0.1) is 0 Å². The molecule has 0 saturated carbocycles. The average Bonchev–Trinajstić information content (AvgIpc) is 2.75. The maximum Gasteiger partial charge on any atom is 0.222 e. The molecule has 0 radical (unpaired) electrons. The second-order valence-corrected chi connectivity index (χ2v) is 4.69. The molecule has 1 aromatic rings. The molecule has 94 valence electrons. The summed E-state index contributed by atoms with van der Waals surface area (Å²) in [5.41, 5.74) is 1.24. The number of aromatic nitrogens is 2. The van der Waals surface area contributed by atoms with E-state index in [4.69, 9.17) is 0 Å². The molecule has 0 spiro atoms. The number of nitrogens with zero attached hydrogens (tertiary/aromatic N) is 3. The molecule has 1 saturated heterocycles. The molecule has 5 nitrogen and oxygen atoms in total. The molecular weight excluding hydrogens is 216 g/mol. The van der Waals surface area contributed by atoms with E-state index in [1.165, 1.54) is 5.56 Å². The first-order valence-electron chi connectivity index (χ1n) is 6.10. The first kappa shape index (κ1) is 12.1. The molecule has 1 aliphatic heterocycles. The van der Waals surface area contributed by atoms with Crippen LogP contribution in [-0.4, -0.2) is 40.7 Å². The van der Waals surface area contributed by atoms with Gasteiger partial charge in [-0.1, -0.05) is 0 Å². The summed E-state index contributed by atoms with van der Waals surface area (Å²) in [6, 6.07) is 0. The predicted octanol–water partition coefficient (Wildman–Crippen LogP) is 0.378. The number of piperidine rings is 1. The highest BCUT2D eigenvalue weighted by Crippen LogP contribution is 2.18. The number of carbonyl (C=O) groups excluding carboxylic acids is 1. The van der Waals surface area contributed by atoms with Crippen molar-refractivity contribution in [1.29, 1.82) is 0 Å². The Labute approximate surface area is 102 Å². The summed E-state index contributed by atoms with van der Waals surface area (Å²) in [6.07, 6.45) is 5.87. The van der Waals surface area contributed by atoms with Gasteiger partial charge in [-0.25, -0.2) is 0 Å². The van der Waals surface area contributed by atoms with Crippen molar-refractivity contribution >= 4 is 5.91 Å². The second kappa shape index (κ2) is 5.31. The fraction of sp³-hybridized carbons (Fsp3) is 0.667. The number of hydrogen-bond donors (Lipinski definition) is 1. The molecule has 0 aliphatic carbocycles. The number of amides is 1. The summed E-state index contributed by atoms with van der Waals surface area (Å²) >= 11 is 0. The fourth-order valence-electron chi connectivity index (χ4n) is 2.37. The molecule has 0 unspecified atom stereocenters. The van der Waals surface area contributed by atoms with Crippen molar-refractivity contribution in [2.75, 3.05) is 20.1 Å². The van der Waals surface area contributed by atoms with Crippen molar-refractivity contribution in [3.63, 3.8) is 0 Å². The van der Waals surface area contributed by atoms with Crippen LogP contribution in [0.4, 0.5) is 0 Å². The molecule has 2 rings (SSSR count). The molecule has 1 aromatic heterocycles. The van der Waals surface area contributed by atoms with Crippen molar-refractivity contribution in [2.24, 2.45) is 13.0 Å². The zero-order chi connectivity index (χ0) is 12.3. The van der Waals surface area contributed by atoms with Gasteiger partial charge in [0.05, 0.1) is 6.20 Å². The Morgan fingerprint density at radius 2 is 2.24 bits per heavy atom. The van der Waals surface area contributed by atoms with Gasteiger partial charge in [0.15, 0.2) is 0 Å². The van der Waals surface area contributed by atoms with Crippen molar-refractivity contribution in [1.82, 2.24) is 20.0 Å². The topological polar surface area (TPSA) is 50.2 Å². The Morgan fingerprint density at radius 1 is 1.53 bits per heavy atom. The maximum atomic E-state index is 11.5. The first-order chi connectivity index (χ1) is 8.19. The zero-order valence-electron chi connectivity index (χ0n) is 10.5. The van der Waals surface area contributed by atoms with Crippen LogP contribution in [0.1, 0.15) is 18.4 Å². The molecule has 0 bridgehead atoms. The lowest BCUT2D eigenvalue weighted by Crippen LogP contribution is -2.39. The highest BCUT2D eigenvalue weighted by atomic mass is 16.1. The molecule has 0 aromatic carbocycles. The third-order valence-corrected chi connectivity index (χ3v) is 3.37. The Morgan fingerprint density at radius 3 is 2.76 bits per heavy atom. The molecule has 0 atom stereocenters. The predicted molar refractivity (Wildman–Crippen MR) is 65.3 cm³/mol. The van der Waals surface area contributed by atoms with Gasteiger partial charge in [-0.3, -0.25) is 14.4 Å². The van der Waals surface area contributed by atoms with Crippen LogP contribution in [0, 0.1) is 5.92 Å². The number of aryl methyl sites for hydroxylation is 1. The molecule has 1 N–H and O–H groups in total. The van der Waals surface area contributed by atoms with Crippen LogP contribution in [-0.2, 0) is 18.4 Å². The summed E-state index contributed by atoms with van der Waals surface area (Å²) in [5, 5.41) is 6.90. The quantitative estimate of drug-likeness (QED) is 0.825. The van der Waals surface area contributed by atoms with Gasteiger partial charge in [-0.2, -0.15) is 5.10 Å². The molecule has 1 aliphatic rings. The third-order valence-electron chi connectivity index (χ3n) is 3.37. The normalized spacial score (nSPS) is 18.2. The van der Waals surface area contributed by atoms with E-state index >= 15 is 0 Å². The number of rotatable bonds is 3. The molecule has 1 amide bonds. The monoisotopic (exact) mass is 236 g/mol. The van der Waals surface area contributed by atoms with Crippen LogP contribution in [0.15, 0.2) is 12.4 Å². The van der Waals surface area contributed by atoms with Crippen LogP contribution in [0.3, 0.4) is 0 Å². The van der Waals surface area contributed by atoms with Gasteiger partial charge in [0.2, 0.25) is 5.91 Å². The first-order valence-corrected chi connectivity index (χ1v) is 6.10. The van der Waals surface area contributed by atoms with Crippen molar-refractivity contribution < 1.29 is 4.79 Å². The molecule has 2 heterocycles. The lowest BCUT2D eigenvalue weighted by Gasteiger charge is -2.30. The Hall–Kier alpha value is -1.36. The summed E-state index contributed by atoms with van der Waals surface area (Å²) in [5.74, 6) is 0.385. The summed E-state index contributed by atoms with van der Waals surface area (Å²) in [4.78, 5) is 13.9. The van der Waals surface area contributed by atoms with E-state index in [9.17, 15) is 4.79 Å². The number of carbonyl (C=O) groups is 1. The van der Waals surface area contributed by atoms with E-state index < -0.39 is 0 Å². The van der Waals surface area contributed by atoms with Crippen LogP contribution < -0.4 is 5.32 Å². The molecule has 17 heavy (non-hydrogen) atoms. The van der Waals surface area contributed by atoms with E-state index in [0.29, 0.717) is 0 Å². The SMILES string of the molecule is CNC(=O)C1CCN(Cc2cnn(C)c2)CC1. The molecule has 1 fully saturated rings. The van der Waals surface area contributed by atoms with Gasteiger partial charge in [0.1, 0.15) is 0 Å². The Kier molecular flexibility index (Phi) is 3.78. The van der Waals surface area contributed by atoms with Gasteiger partial charge >= 0.3 is 0 Å². The standard InChI is InChI=1S/C12H20N4O/c1-13-12(17)11-3-5-16(6-4-11)9-10-7-14-15(2)8-10/h7-8,11H,3-6,9H2,1-2H3,(H,13,17). The summed E-state index contributed by atoms with van der Waals surface area (Å²) < 4.78 is 1.83. The number of nitrogens with one attached hydrogen (secondary N) is 1. The van der Waals surface area contributed by atoms with Crippen LogP contribution in [0.25, 0.3) is 0 Å². The van der Waals surface area contributed by atoms with E-state index in [1.807, 2.05) is 24.1 Å². The van der Waals surface area contributed by atoms with E-state index in [2.05, 4.69) is 15.3 Å². The Bertz CT molecular complexity index is 380. The van der Waals surface area contributed by atoms with Crippen molar-refractivity contribution in [3.05, 3.63) is 18.0 Å². The smallest absolute Gasteiger partial charge is 0.222 e. The van der Waals surface area contributed by atoms with E-state index in [1.54, 1.807) is 7.05 Å². The minimum absolute atomic E-state index is 0.186. The maximum absolute atomic E-state index is 11.5. The van der Waals surface area contributed by atoms with Crippen LogP contribution >= 0.6 is 0 Å². The summed E-state index contributed by atoms with van der Waals surface area (Å²) in [7, 11) is 3.64. The van der Waals surface area contributed by atoms with Crippen molar-refractivity contribution in [2.45, 2.75) is 19.4 Å². The Balaban J connectivity index is 1.81. The van der Waals surface area contributed by atoms with Crippen molar-refractivity contribution in [3.8, 4) is 0 Å². The van der Waals surface area contributed by atoms with Gasteiger partial charge in [0, 0.05) is 38.3 Å². The minimum atomic E-state index is 0.186. The molecule has 5 heteroatoms. The third kappa shape index (κ3) is 3.06. The molecular formula is C12H20N4O. The lowest BCUT2D eigenvalue weighted by molar-refractivity contribution is -0.125. The van der Waals surface area contributed by atoms with Crippen LogP contribution in [0.5, 0.6) is 0 Å². The van der Waals surface area contributed by atoms with Crippen LogP contribution in [0.2, 0.25) is 0 Å². The van der Waals surface area contributed by atoms with E-state index in [-0.39, 0.29) is 11.8 Å². The van der Waals surface area contributed by atoms with E-state index in [0.717, 1.165) is 32.5 Å². The van der Waals surface area contributed by atoms with Gasteiger partial charge in [-0.05, 0) is 25.9 Å². The average molecular weight is 236 g/mol. The highest BCUT2D eigenvalue weighted by molar-refractivity contribution is 5.78. The zero-order valence-corrected chi connectivity index (χ0v) is 10.5. The van der Waals surface area contributed by atoms with Gasteiger partial charge < -0.3 is 5.32 Å². The highest BCUT2D eigenvalue weighted by Gasteiger charge is 2.24. The lowest BCUT2D eigenvalue weighted by atomic mass is 9.96. The largest absolute Gasteiger partial charge is 0.359 e. The summed E-state index contributed by atoms with van der Waals surface area (Å²) in [6.45, 7) is 2.92. The number of hydrogen-bond acceptors (Lipinski definition) is 3.